The molecule has 0 bridgehead atoms. The zero-order chi connectivity index (χ0) is 13.1. The van der Waals surface area contributed by atoms with Crippen LogP contribution in [-0.2, 0) is 10.8 Å². The molecule has 1 saturated carbocycles. The minimum atomic E-state index is -0.895. The fourth-order valence-electron chi connectivity index (χ4n) is 2.84. The van der Waals surface area contributed by atoms with Crippen LogP contribution in [0.3, 0.4) is 0 Å². The smallest absolute Gasteiger partial charge is 0.0579 e. The zero-order valence-electron chi connectivity index (χ0n) is 11.5. The van der Waals surface area contributed by atoms with Crippen molar-refractivity contribution < 1.29 is 4.21 Å². The fourth-order valence-corrected chi connectivity index (χ4v) is 4.84. The van der Waals surface area contributed by atoms with Gasteiger partial charge in [-0.05, 0) is 50.8 Å². The molecule has 1 fully saturated rings. The van der Waals surface area contributed by atoms with Crippen LogP contribution in [-0.4, -0.2) is 22.5 Å². The van der Waals surface area contributed by atoms with E-state index >= 15 is 0 Å². The van der Waals surface area contributed by atoms with Crippen LogP contribution < -0.4 is 5.32 Å². The van der Waals surface area contributed by atoms with E-state index in [2.05, 4.69) is 12.2 Å². The first-order valence-corrected chi connectivity index (χ1v) is 7.98. The highest BCUT2D eigenvalue weighted by atomic mass is 32.2. The van der Waals surface area contributed by atoms with E-state index in [1.165, 1.54) is 6.42 Å². The molecule has 18 heavy (non-hydrogen) atoms. The van der Waals surface area contributed by atoms with Gasteiger partial charge in [0.05, 0.1) is 16.0 Å². The van der Waals surface area contributed by atoms with E-state index in [0.717, 1.165) is 23.3 Å². The van der Waals surface area contributed by atoms with Crippen LogP contribution in [0, 0.1) is 12.8 Å². The Morgan fingerprint density at radius 2 is 2.00 bits per heavy atom. The Morgan fingerprint density at radius 1 is 1.28 bits per heavy atom. The second kappa shape index (κ2) is 5.98. The molecular formula is C15H23NOS. The predicted octanol–water partition coefficient (Wildman–Crippen LogP) is 2.88. The lowest BCUT2D eigenvalue weighted by Gasteiger charge is -2.34. The first kappa shape index (κ1) is 13.8. The summed E-state index contributed by atoms with van der Waals surface area (Å²) in [7, 11) is 1.09. The van der Waals surface area contributed by atoms with Crippen molar-refractivity contribution in [2.75, 3.05) is 7.05 Å². The Bertz CT molecular complexity index is 432. The highest BCUT2D eigenvalue weighted by molar-refractivity contribution is 7.85. The summed E-state index contributed by atoms with van der Waals surface area (Å²) in [6, 6.07) is 8.45. The molecule has 0 aromatic heterocycles. The summed E-state index contributed by atoms with van der Waals surface area (Å²) in [6.07, 6.45) is 3.44. The van der Waals surface area contributed by atoms with Crippen molar-refractivity contribution >= 4 is 10.8 Å². The SMILES string of the molecule is CNC1CCC(C)CC1S(=O)c1ccccc1C. The number of nitrogens with one attached hydrogen (secondary N) is 1. The summed E-state index contributed by atoms with van der Waals surface area (Å²) in [5, 5.41) is 3.60. The van der Waals surface area contributed by atoms with Gasteiger partial charge in [-0.2, -0.15) is 0 Å². The summed E-state index contributed by atoms with van der Waals surface area (Å²) < 4.78 is 12.8. The zero-order valence-corrected chi connectivity index (χ0v) is 12.3. The molecule has 1 N–H and O–H groups in total. The van der Waals surface area contributed by atoms with Gasteiger partial charge in [-0.3, -0.25) is 4.21 Å². The molecule has 1 aliphatic rings. The van der Waals surface area contributed by atoms with E-state index in [1.807, 2.05) is 38.2 Å². The molecule has 1 aliphatic carbocycles. The highest BCUT2D eigenvalue weighted by Gasteiger charge is 2.32. The molecule has 4 unspecified atom stereocenters. The van der Waals surface area contributed by atoms with Crippen LogP contribution in [0.25, 0.3) is 0 Å². The lowest BCUT2D eigenvalue weighted by molar-refractivity contribution is 0.325. The van der Waals surface area contributed by atoms with Gasteiger partial charge < -0.3 is 5.32 Å². The number of benzene rings is 1. The summed E-state index contributed by atoms with van der Waals surface area (Å²) in [5.74, 6) is 0.688. The van der Waals surface area contributed by atoms with Crippen LogP contribution in [0.1, 0.15) is 31.7 Å². The maximum atomic E-state index is 12.8. The van der Waals surface area contributed by atoms with Gasteiger partial charge >= 0.3 is 0 Å². The third-order valence-electron chi connectivity index (χ3n) is 4.01. The summed E-state index contributed by atoms with van der Waals surface area (Å²) in [6.45, 7) is 4.32. The minimum absolute atomic E-state index is 0.250. The molecule has 4 atom stereocenters. The highest BCUT2D eigenvalue weighted by Crippen LogP contribution is 2.30. The third-order valence-corrected chi connectivity index (χ3v) is 5.97. The second-order valence-electron chi connectivity index (χ2n) is 5.41. The quantitative estimate of drug-likeness (QED) is 0.910. The third kappa shape index (κ3) is 2.83. The molecule has 100 valence electrons. The van der Waals surface area contributed by atoms with Crippen LogP contribution in [0.5, 0.6) is 0 Å². The van der Waals surface area contributed by atoms with E-state index in [4.69, 9.17) is 0 Å². The van der Waals surface area contributed by atoms with Crippen molar-refractivity contribution in [1.82, 2.24) is 5.32 Å². The van der Waals surface area contributed by atoms with Gasteiger partial charge in [0.2, 0.25) is 0 Å². The normalized spacial score (nSPS) is 30.1. The van der Waals surface area contributed by atoms with Gasteiger partial charge in [0, 0.05) is 10.9 Å². The first-order chi connectivity index (χ1) is 8.63. The standard InChI is InChI=1S/C15H23NOS/c1-11-8-9-13(16-3)15(10-11)18(17)14-7-5-4-6-12(14)2/h4-7,11,13,15-16H,8-10H2,1-3H3. The lowest BCUT2D eigenvalue weighted by Crippen LogP contribution is -2.44. The average molecular weight is 265 g/mol. The Hall–Kier alpha value is -0.670. The topological polar surface area (TPSA) is 29.1 Å². The maximum Gasteiger partial charge on any atom is 0.0579 e. The Labute approximate surface area is 113 Å². The molecule has 3 heteroatoms. The Morgan fingerprint density at radius 3 is 2.67 bits per heavy atom. The van der Waals surface area contributed by atoms with Gasteiger partial charge in [0.15, 0.2) is 0 Å². The van der Waals surface area contributed by atoms with Crippen molar-refractivity contribution in [2.45, 2.75) is 49.3 Å². The van der Waals surface area contributed by atoms with Crippen LogP contribution in [0.4, 0.5) is 0 Å². The summed E-state index contributed by atoms with van der Waals surface area (Å²) in [4.78, 5) is 1.01. The molecule has 1 aromatic carbocycles. The molecule has 1 aromatic rings. The number of hydrogen-bond acceptors (Lipinski definition) is 2. The van der Waals surface area contributed by atoms with Gasteiger partial charge in [0.25, 0.3) is 0 Å². The largest absolute Gasteiger partial charge is 0.316 e. The van der Waals surface area contributed by atoms with Crippen molar-refractivity contribution in [3.8, 4) is 0 Å². The van der Waals surface area contributed by atoms with Crippen molar-refractivity contribution in [3.63, 3.8) is 0 Å². The monoisotopic (exact) mass is 265 g/mol. The van der Waals surface area contributed by atoms with Gasteiger partial charge in [0.1, 0.15) is 0 Å². The van der Waals surface area contributed by atoms with Gasteiger partial charge in [-0.15, -0.1) is 0 Å². The molecule has 0 aliphatic heterocycles. The van der Waals surface area contributed by atoms with E-state index in [-0.39, 0.29) is 5.25 Å². The molecular weight excluding hydrogens is 242 g/mol. The molecule has 2 nitrogen and oxygen atoms in total. The summed E-state index contributed by atoms with van der Waals surface area (Å²) >= 11 is 0. The van der Waals surface area contributed by atoms with Crippen molar-refractivity contribution in [2.24, 2.45) is 5.92 Å². The fraction of sp³-hybridized carbons (Fsp3) is 0.600. The number of hydrogen-bond donors (Lipinski definition) is 1. The van der Waals surface area contributed by atoms with Gasteiger partial charge in [-0.1, -0.05) is 25.1 Å². The van der Waals surface area contributed by atoms with Crippen LogP contribution >= 0.6 is 0 Å². The van der Waals surface area contributed by atoms with E-state index < -0.39 is 10.8 Å². The molecule has 2 rings (SSSR count). The van der Waals surface area contributed by atoms with E-state index in [0.29, 0.717) is 12.0 Å². The van der Waals surface area contributed by atoms with Crippen molar-refractivity contribution in [1.29, 1.82) is 0 Å². The molecule has 0 saturated heterocycles. The summed E-state index contributed by atoms with van der Waals surface area (Å²) in [5.41, 5.74) is 1.14. The van der Waals surface area contributed by atoms with Crippen LogP contribution in [0.15, 0.2) is 29.2 Å². The lowest BCUT2D eigenvalue weighted by atomic mass is 9.87. The Kier molecular flexibility index (Phi) is 4.57. The minimum Gasteiger partial charge on any atom is -0.316 e. The molecule has 0 radical (unpaired) electrons. The van der Waals surface area contributed by atoms with Gasteiger partial charge in [-0.25, -0.2) is 0 Å². The molecule has 0 amide bonds. The molecule has 0 spiro atoms. The van der Waals surface area contributed by atoms with E-state index in [9.17, 15) is 4.21 Å². The first-order valence-electron chi connectivity index (χ1n) is 6.77. The second-order valence-corrected chi connectivity index (χ2v) is 7.05. The number of aryl methyl sites for hydroxylation is 1. The maximum absolute atomic E-state index is 12.8. The molecule has 0 heterocycles. The Balaban J connectivity index is 2.23. The van der Waals surface area contributed by atoms with E-state index in [1.54, 1.807) is 0 Å². The van der Waals surface area contributed by atoms with Crippen molar-refractivity contribution in [3.05, 3.63) is 29.8 Å². The van der Waals surface area contributed by atoms with Crippen LogP contribution in [0.2, 0.25) is 0 Å². The number of rotatable bonds is 3. The average Bonchev–Trinajstić information content (AvgIpc) is 2.38. The predicted molar refractivity (Wildman–Crippen MR) is 77.2 cm³/mol.